The minimum Gasteiger partial charge on any atom is -0.387 e. The molecule has 0 aliphatic carbocycles. The van der Waals surface area contributed by atoms with Gasteiger partial charge in [0.2, 0.25) is 0 Å². The average molecular weight is 450 g/mol. The fourth-order valence-corrected chi connectivity index (χ4v) is 4.16. The molecule has 3 N–H and O–H groups in total. The lowest BCUT2D eigenvalue weighted by Gasteiger charge is -2.35. The largest absolute Gasteiger partial charge is 0.387 e. The molecule has 0 bridgehead atoms. The Hall–Kier alpha value is -2.99. The maximum atomic E-state index is 13.1. The number of rotatable bonds is 9. The van der Waals surface area contributed by atoms with Crippen LogP contribution >= 0.6 is 0 Å². The number of Topliss-reactive ketones (excluding diaryl/α,β-unsaturated/α-hetero) is 1. The molecule has 6 heteroatoms. The molecular weight excluding hydrogens is 414 g/mol. The predicted octanol–water partition coefficient (Wildman–Crippen LogP) is 4.10. The van der Waals surface area contributed by atoms with Crippen LogP contribution in [-0.2, 0) is 16.0 Å². The second kappa shape index (κ2) is 10.8. The van der Waals surface area contributed by atoms with Crippen LogP contribution in [0.15, 0.2) is 59.6 Å². The fourth-order valence-electron chi connectivity index (χ4n) is 4.16. The fraction of sp³-hybridized carbons (Fsp3) is 0.444. The summed E-state index contributed by atoms with van der Waals surface area (Å²) in [7, 11) is 1.65. The summed E-state index contributed by atoms with van der Waals surface area (Å²) in [6, 6.07) is 17.1. The number of hydrogen-bond donors (Lipinski definition) is 2. The van der Waals surface area contributed by atoms with Gasteiger partial charge < -0.3 is 15.8 Å². The summed E-state index contributed by atoms with van der Waals surface area (Å²) >= 11 is 0. The van der Waals surface area contributed by atoms with E-state index in [2.05, 4.69) is 24.2 Å². The van der Waals surface area contributed by atoms with Crippen LogP contribution in [0.2, 0.25) is 0 Å². The third-order valence-corrected chi connectivity index (χ3v) is 6.65. The summed E-state index contributed by atoms with van der Waals surface area (Å²) in [5.41, 5.74) is 8.27. The number of amidine groups is 1. The Labute approximate surface area is 196 Å². The molecular formula is C27H35N3O3. The zero-order valence-electron chi connectivity index (χ0n) is 20.0. The Balaban J connectivity index is 1.75. The van der Waals surface area contributed by atoms with Crippen LogP contribution in [0.4, 0.5) is 0 Å². The van der Waals surface area contributed by atoms with E-state index in [1.54, 1.807) is 13.2 Å². The van der Waals surface area contributed by atoms with Crippen molar-refractivity contribution in [1.82, 2.24) is 5.32 Å². The van der Waals surface area contributed by atoms with Gasteiger partial charge in [-0.3, -0.25) is 14.6 Å². The molecule has 2 aromatic carbocycles. The third kappa shape index (κ3) is 6.08. The van der Waals surface area contributed by atoms with Gasteiger partial charge in [0.25, 0.3) is 5.91 Å². The molecule has 1 heterocycles. The van der Waals surface area contributed by atoms with Gasteiger partial charge in [-0.05, 0) is 48.9 Å². The SMILES string of the molecule is COCC[C@H](NC(=O)c1cccc(CC2C(=O)C[C@@](C)(C(C)C)N=C2N)c1)c1ccccc1. The maximum Gasteiger partial charge on any atom is 0.251 e. The van der Waals surface area contributed by atoms with Crippen molar-refractivity contribution in [3.63, 3.8) is 0 Å². The molecule has 0 spiro atoms. The second-order valence-corrected chi connectivity index (χ2v) is 9.37. The molecule has 3 atom stereocenters. The van der Waals surface area contributed by atoms with Gasteiger partial charge in [0.1, 0.15) is 11.6 Å². The van der Waals surface area contributed by atoms with Crippen molar-refractivity contribution in [1.29, 1.82) is 0 Å². The zero-order valence-corrected chi connectivity index (χ0v) is 20.0. The van der Waals surface area contributed by atoms with Gasteiger partial charge in [0.05, 0.1) is 17.5 Å². The Morgan fingerprint density at radius 2 is 1.94 bits per heavy atom. The molecule has 0 fully saturated rings. The number of nitrogens with one attached hydrogen (secondary N) is 1. The van der Waals surface area contributed by atoms with Gasteiger partial charge in [-0.1, -0.05) is 56.3 Å². The normalized spacial score (nSPS) is 21.5. The predicted molar refractivity (Wildman–Crippen MR) is 131 cm³/mol. The third-order valence-electron chi connectivity index (χ3n) is 6.65. The number of amides is 1. The Bertz CT molecular complexity index is 1000. The quantitative estimate of drug-likeness (QED) is 0.603. The highest BCUT2D eigenvalue weighted by atomic mass is 16.5. The number of nitrogens with two attached hydrogens (primary N) is 1. The number of benzene rings is 2. The zero-order chi connectivity index (χ0) is 24.0. The van der Waals surface area contributed by atoms with Crippen molar-refractivity contribution >= 4 is 17.5 Å². The van der Waals surface area contributed by atoms with E-state index in [0.717, 1.165) is 11.1 Å². The van der Waals surface area contributed by atoms with Crippen molar-refractivity contribution < 1.29 is 14.3 Å². The van der Waals surface area contributed by atoms with E-state index in [4.69, 9.17) is 10.5 Å². The van der Waals surface area contributed by atoms with Crippen LogP contribution in [-0.4, -0.2) is 36.8 Å². The summed E-state index contributed by atoms with van der Waals surface area (Å²) in [6.07, 6.45) is 1.49. The maximum absolute atomic E-state index is 13.1. The van der Waals surface area contributed by atoms with E-state index in [9.17, 15) is 9.59 Å². The first-order valence-corrected chi connectivity index (χ1v) is 11.5. The summed E-state index contributed by atoms with van der Waals surface area (Å²) in [5, 5.41) is 3.12. The lowest BCUT2D eigenvalue weighted by molar-refractivity contribution is -0.123. The minimum atomic E-state index is -0.450. The Morgan fingerprint density at radius 1 is 1.21 bits per heavy atom. The molecule has 0 saturated heterocycles. The molecule has 6 nitrogen and oxygen atoms in total. The van der Waals surface area contributed by atoms with Gasteiger partial charge in [-0.15, -0.1) is 0 Å². The molecule has 0 aromatic heterocycles. The van der Waals surface area contributed by atoms with E-state index >= 15 is 0 Å². The molecule has 0 saturated carbocycles. The number of ether oxygens (including phenoxy) is 1. The van der Waals surface area contributed by atoms with Crippen molar-refractivity contribution in [3.05, 3.63) is 71.3 Å². The number of carbonyl (C=O) groups is 2. The standard InChI is InChI=1S/C27H35N3O3/c1-18(2)27(3)17-24(31)22(25(28)30-27)16-19-9-8-12-21(15-19)26(32)29-23(13-14-33-4)20-10-6-5-7-11-20/h5-12,15,18,22-23H,13-14,16-17H2,1-4H3,(H2,28,30)(H,29,32)/t22?,23-,27-/m0/s1. The molecule has 1 amide bonds. The smallest absolute Gasteiger partial charge is 0.251 e. The van der Waals surface area contributed by atoms with Crippen molar-refractivity contribution in [2.75, 3.05) is 13.7 Å². The van der Waals surface area contributed by atoms with Crippen LogP contribution in [0.5, 0.6) is 0 Å². The van der Waals surface area contributed by atoms with Crippen LogP contribution in [0.1, 0.15) is 61.1 Å². The highest BCUT2D eigenvalue weighted by molar-refractivity contribution is 6.06. The summed E-state index contributed by atoms with van der Waals surface area (Å²) in [5.74, 6) is 0.113. The van der Waals surface area contributed by atoms with Crippen LogP contribution < -0.4 is 11.1 Å². The van der Waals surface area contributed by atoms with Crippen molar-refractivity contribution in [2.45, 2.75) is 51.6 Å². The molecule has 1 unspecified atom stereocenters. The number of carbonyl (C=O) groups excluding carboxylic acids is 2. The molecule has 1 aliphatic rings. The summed E-state index contributed by atoms with van der Waals surface area (Å²) in [4.78, 5) is 30.6. The highest BCUT2D eigenvalue weighted by Crippen LogP contribution is 2.32. The van der Waals surface area contributed by atoms with E-state index in [1.165, 1.54) is 0 Å². The van der Waals surface area contributed by atoms with E-state index in [-0.39, 0.29) is 23.7 Å². The first kappa shape index (κ1) is 24.6. The molecule has 0 radical (unpaired) electrons. The van der Waals surface area contributed by atoms with Gasteiger partial charge in [-0.2, -0.15) is 0 Å². The van der Waals surface area contributed by atoms with E-state index < -0.39 is 11.5 Å². The van der Waals surface area contributed by atoms with E-state index in [0.29, 0.717) is 37.3 Å². The van der Waals surface area contributed by atoms with Gasteiger partial charge in [0.15, 0.2) is 0 Å². The number of ketones is 1. The van der Waals surface area contributed by atoms with Crippen LogP contribution in [0, 0.1) is 11.8 Å². The number of methoxy groups -OCH3 is 1. The topological polar surface area (TPSA) is 93.8 Å². The summed E-state index contributed by atoms with van der Waals surface area (Å²) in [6.45, 7) is 6.64. The lowest BCUT2D eigenvalue weighted by atomic mass is 9.77. The lowest BCUT2D eigenvalue weighted by Crippen LogP contribution is -2.46. The first-order chi connectivity index (χ1) is 15.7. The molecule has 3 rings (SSSR count). The van der Waals surface area contributed by atoms with E-state index in [1.807, 2.05) is 55.5 Å². The molecule has 2 aromatic rings. The molecule has 33 heavy (non-hydrogen) atoms. The number of aliphatic imine (C=N–C) groups is 1. The van der Waals surface area contributed by atoms with Crippen molar-refractivity contribution in [3.8, 4) is 0 Å². The second-order valence-electron chi connectivity index (χ2n) is 9.37. The Kier molecular flexibility index (Phi) is 8.03. The van der Waals surface area contributed by atoms with Crippen molar-refractivity contribution in [2.24, 2.45) is 22.6 Å². The van der Waals surface area contributed by atoms with Crippen LogP contribution in [0.25, 0.3) is 0 Å². The monoisotopic (exact) mass is 449 g/mol. The molecule has 1 aliphatic heterocycles. The van der Waals surface area contributed by atoms with Crippen LogP contribution in [0.3, 0.4) is 0 Å². The van der Waals surface area contributed by atoms with Gasteiger partial charge in [0, 0.05) is 25.7 Å². The Morgan fingerprint density at radius 3 is 2.58 bits per heavy atom. The number of nitrogens with zero attached hydrogens (tertiary/aromatic N) is 1. The average Bonchev–Trinajstić information content (AvgIpc) is 2.79. The molecule has 176 valence electrons. The van der Waals surface area contributed by atoms with Gasteiger partial charge in [-0.25, -0.2) is 0 Å². The highest BCUT2D eigenvalue weighted by Gasteiger charge is 2.39. The minimum absolute atomic E-state index is 0.109. The number of hydrogen-bond acceptors (Lipinski definition) is 5. The summed E-state index contributed by atoms with van der Waals surface area (Å²) < 4.78 is 5.23. The first-order valence-electron chi connectivity index (χ1n) is 11.5. The van der Waals surface area contributed by atoms with Gasteiger partial charge >= 0.3 is 0 Å².